The number of halogens is 1. The predicted octanol–water partition coefficient (Wildman–Crippen LogP) is 2.16. The van der Waals surface area contributed by atoms with E-state index in [0.717, 1.165) is 18.4 Å². The van der Waals surface area contributed by atoms with E-state index in [1.807, 2.05) is 0 Å². The largest absolute Gasteiger partial charge is 0.493 e. The summed E-state index contributed by atoms with van der Waals surface area (Å²) in [6, 6.07) is 11.1. The van der Waals surface area contributed by atoms with E-state index in [0.29, 0.717) is 30.2 Å². The normalized spacial score (nSPS) is 15.6. The van der Waals surface area contributed by atoms with Crippen molar-refractivity contribution in [3.63, 3.8) is 0 Å². The molecule has 2 aromatic carbocycles. The molecule has 1 fully saturated rings. The van der Waals surface area contributed by atoms with E-state index in [-0.39, 0.29) is 18.5 Å². The van der Waals surface area contributed by atoms with Crippen LogP contribution in [0, 0.1) is 5.82 Å². The van der Waals surface area contributed by atoms with Crippen LogP contribution in [0.15, 0.2) is 47.6 Å². The van der Waals surface area contributed by atoms with Gasteiger partial charge in [0.15, 0.2) is 11.5 Å². The van der Waals surface area contributed by atoms with E-state index in [9.17, 15) is 14.0 Å². The van der Waals surface area contributed by atoms with Crippen molar-refractivity contribution >= 4 is 18.0 Å². The van der Waals surface area contributed by atoms with Crippen LogP contribution in [-0.2, 0) is 20.9 Å². The number of nitrogens with one attached hydrogen (secondary N) is 2. The second kappa shape index (κ2) is 11.1. The number of amides is 2. The molecule has 1 aliphatic rings. The van der Waals surface area contributed by atoms with Crippen molar-refractivity contribution in [1.29, 1.82) is 0 Å². The molecule has 0 saturated carbocycles. The van der Waals surface area contributed by atoms with Crippen molar-refractivity contribution in [3.05, 3.63) is 59.4 Å². The molecule has 31 heavy (non-hydrogen) atoms. The van der Waals surface area contributed by atoms with Crippen LogP contribution in [0.5, 0.6) is 11.5 Å². The Morgan fingerprint density at radius 2 is 2.00 bits per heavy atom. The smallest absolute Gasteiger partial charge is 0.329 e. The van der Waals surface area contributed by atoms with Crippen LogP contribution >= 0.6 is 0 Å². The lowest BCUT2D eigenvalue weighted by atomic mass is 10.2. The number of nitrogens with zero attached hydrogens (tertiary/aromatic N) is 1. The molecule has 1 heterocycles. The molecular weight excluding hydrogens is 405 g/mol. The molecule has 0 bridgehead atoms. The monoisotopic (exact) mass is 429 g/mol. The highest BCUT2D eigenvalue weighted by molar-refractivity contribution is 6.35. The number of carbonyl (C=O) groups is 2. The summed E-state index contributed by atoms with van der Waals surface area (Å²) in [6.45, 7) is 1.23. The minimum Gasteiger partial charge on any atom is -0.493 e. The van der Waals surface area contributed by atoms with Crippen LogP contribution < -0.4 is 20.2 Å². The summed E-state index contributed by atoms with van der Waals surface area (Å²) < 4.78 is 29.4. The predicted molar refractivity (Wildman–Crippen MR) is 111 cm³/mol. The first-order valence-corrected chi connectivity index (χ1v) is 9.83. The molecule has 1 atom stereocenters. The molecule has 2 aromatic rings. The summed E-state index contributed by atoms with van der Waals surface area (Å²) >= 11 is 0. The summed E-state index contributed by atoms with van der Waals surface area (Å²) in [7, 11) is 1.50. The first kappa shape index (κ1) is 22.2. The maximum absolute atomic E-state index is 13.0. The Labute approximate surface area is 179 Å². The number of methoxy groups -OCH3 is 1. The molecule has 164 valence electrons. The highest BCUT2D eigenvalue weighted by atomic mass is 19.1. The zero-order chi connectivity index (χ0) is 22.1. The van der Waals surface area contributed by atoms with Crippen molar-refractivity contribution in [3.8, 4) is 11.5 Å². The lowest BCUT2D eigenvalue weighted by Gasteiger charge is -2.11. The van der Waals surface area contributed by atoms with Crippen LogP contribution in [0.25, 0.3) is 0 Å². The Hall–Kier alpha value is -3.46. The number of ether oxygens (including phenoxy) is 3. The zero-order valence-corrected chi connectivity index (χ0v) is 17.1. The minimum absolute atomic E-state index is 0.0449. The second-order valence-electron chi connectivity index (χ2n) is 6.87. The van der Waals surface area contributed by atoms with Gasteiger partial charge in [-0.05, 0) is 54.3 Å². The lowest BCUT2D eigenvalue weighted by Crippen LogP contribution is -2.41. The van der Waals surface area contributed by atoms with Crippen molar-refractivity contribution in [2.45, 2.75) is 25.6 Å². The van der Waals surface area contributed by atoms with E-state index in [1.165, 1.54) is 25.5 Å². The van der Waals surface area contributed by atoms with Gasteiger partial charge in [0.25, 0.3) is 0 Å². The standard InChI is InChI=1S/C22H24FN3O5/c1-29-20-11-16(6-9-19(20)31-14-15-4-7-17(23)8-5-15)12-25-26-22(28)21(27)24-13-18-3-2-10-30-18/h4-9,11-12,18H,2-3,10,13-14H2,1H3,(H,24,27)(H,26,28)/b25-12-/t18-/m0/s1. The first-order chi connectivity index (χ1) is 15.0. The van der Waals surface area contributed by atoms with Gasteiger partial charge in [-0.2, -0.15) is 5.10 Å². The van der Waals surface area contributed by atoms with E-state index < -0.39 is 11.8 Å². The maximum Gasteiger partial charge on any atom is 0.329 e. The van der Waals surface area contributed by atoms with Gasteiger partial charge in [-0.25, -0.2) is 9.82 Å². The number of hydrogen-bond acceptors (Lipinski definition) is 6. The van der Waals surface area contributed by atoms with Crippen molar-refractivity contribution < 1.29 is 28.2 Å². The van der Waals surface area contributed by atoms with Crippen molar-refractivity contribution in [1.82, 2.24) is 10.7 Å². The summed E-state index contributed by atoms with van der Waals surface area (Å²) in [5.41, 5.74) is 3.63. The number of rotatable bonds is 8. The van der Waals surface area contributed by atoms with Gasteiger partial charge in [-0.15, -0.1) is 0 Å². The molecule has 1 saturated heterocycles. The Kier molecular flexibility index (Phi) is 7.94. The second-order valence-corrected chi connectivity index (χ2v) is 6.87. The van der Waals surface area contributed by atoms with Crippen LogP contribution in [0.2, 0.25) is 0 Å². The van der Waals surface area contributed by atoms with Crippen molar-refractivity contribution in [2.75, 3.05) is 20.3 Å². The Morgan fingerprint density at radius 1 is 1.19 bits per heavy atom. The number of hydrogen-bond donors (Lipinski definition) is 2. The SMILES string of the molecule is COc1cc(/C=N\NC(=O)C(=O)NC[C@@H]2CCCO2)ccc1OCc1ccc(F)cc1. The van der Waals surface area contributed by atoms with Gasteiger partial charge in [0.1, 0.15) is 12.4 Å². The fraction of sp³-hybridized carbons (Fsp3) is 0.318. The average Bonchev–Trinajstić information content (AvgIpc) is 3.31. The summed E-state index contributed by atoms with van der Waals surface area (Å²) in [5, 5.41) is 6.32. The number of hydrazone groups is 1. The minimum atomic E-state index is -0.861. The van der Waals surface area contributed by atoms with Crippen LogP contribution in [-0.4, -0.2) is 44.4 Å². The van der Waals surface area contributed by atoms with Gasteiger partial charge in [0, 0.05) is 13.2 Å². The van der Waals surface area contributed by atoms with Gasteiger partial charge in [-0.3, -0.25) is 9.59 Å². The topological polar surface area (TPSA) is 98.2 Å². The molecule has 8 nitrogen and oxygen atoms in total. The number of benzene rings is 2. The van der Waals surface area contributed by atoms with E-state index in [4.69, 9.17) is 14.2 Å². The molecule has 0 unspecified atom stereocenters. The fourth-order valence-corrected chi connectivity index (χ4v) is 2.93. The highest BCUT2D eigenvalue weighted by Gasteiger charge is 2.19. The third kappa shape index (κ3) is 6.78. The Morgan fingerprint density at radius 3 is 2.71 bits per heavy atom. The third-order valence-corrected chi connectivity index (χ3v) is 4.60. The Bertz CT molecular complexity index is 927. The third-order valence-electron chi connectivity index (χ3n) is 4.60. The van der Waals surface area contributed by atoms with Crippen LogP contribution in [0.1, 0.15) is 24.0 Å². The van der Waals surface area contributed by atoms with Gasteiger partial charge < -0.3 is 19.5 Å². The number of carbonyl (C=O) groups excluding carboxylic acids is 2. The molecule has 0 spiro atoms. The van der Waals surface area contributed by atoms with Crippen LogP contribution in [0.3, 0.4) is 0 Å². The Balaban J connectivity index is 1.50. The molecule has 9 heteroatoms. The first-order valence-electron chi connectivity index (χ1n) is 9.83. The van der Waals surface area contributed by atoms with E-state index >= 15 is 0 Å². The zero-order valence-electron chi connectivity index (χ0n) is 17.1. The molecule has 0 aromatic heterocycles. The van der Waals surface area contributed by atoms with E-state index in [2.05, 4.69) is 15.8 Å². The molecule has 0 aliphatic carbocycles. The van der Waals surface area contributed by atoms with Gasteiger partial charge >= 0.3 is 11.8 Å². The summed E-state index contributed by atoms with van der Waals surface area (Å²) in [5.74, 6) is -0.971. The highest BCUT2D eigenvalue weighted by Crippen LogP contribution is 2.28. The van der Waals surface area contributed by atoms with Gasteiger partial charge in [0.2, 0.25) is 0 Å². The molecule has 2 N–H and O–H groups in total. The molecule has 2 amide bonds. The van der Waals surface area contributed by atoms with Crippen LogP contribution in [0.4, 0.5) is 4.39 Å². The van der Waals surface area contributed by atoms with E-state index in [1.54, 1.807) is 30.3 Å². The summed E-state index contributed by atoms with van der Waals surface area (Å²) in [6.07, 6.45) is 3.16. The van der Waals surface area contributed by atoms with Crippen molar-refractivity contribution in [2.24, 2.45) is 5.10 Å². The summed E-state index contributed by atoms with van der Waals surface area (Å²) in [4.78, 5) is 23.6. The maximum atomic E-state index is 13.0. The average molecular weight is 429 g/mol. The quantitative estimate of drug-likeness (QED) is 0.381. The molecule has 0 radical (unpaired) electrons. The molecular formula is C22H24FN3O5. The fourth-order valence-electron chi connectivity index (χ4n) is 2.93. The van der Waals surface area contributed by atoms with Gasteiger partial charge in [0.05, 0.1) is 19.4 Å². The molecule has 1 aliphatic heterocycles. The van der Waals surface area contributed by atoms with Gasteiger partial charge in [-0.1, -0.05) is 12.1 Å². The molecule has 3 rings (SSSR count). The lowest BCUT2D eigenvalue weighted by molar-refractivity contribution is -0.139.